The number of aliphatic hydroxyl groups excluding tert-OH is 1. The van der Waals surface area contributed by atoms with Gasteiger partial charge in [-0.15, -0.1) is 0 Å². The normalized spacial score (nSPS) is 17.7. The highest BCUT2D eigenvalue weighted by Gasteiger charge is 2.45. The molecule has 0 saturated carbocycles. The lowest BCUT2D eigenvalue weighted by Gasteiger charge is -2.25. The number of aliphatic hydroxyl groups is 1. The van der Waals surface area contributed by atoms with Gasteiger partial charge in [0.2, 0.25) is 0 Å². The number of amides is 1. The second-order valence-corrected chi connectivity index (χ2v) is 8.06. The number of unbranched alkanes of at least 4 members (excludes halogenated alkanes) is 1. The Morgan fingerprint density at radius 2 is 1.84 bits per heavy atom. The van der Waals surface area contributed by atoms with Crippen LogP contribution < -0.4 is 4.74 Å². The predicted octanol–water partition coefficient (Wildman–Crippen LogP) is 4.98. The van der Waals surface area contributed by atoms with Gasteiger partial charge < -0.3 is 19.5 Å². The summed E-state index contributed by atoms with van der Waals surface area (Å²) in [7, 11) is 1.58. The molecule has 1 atom stereocenters. The van der Waals surface area contributed by atoms with E-state index in [1.807, 2.05) is 0 Å². The Bertz CT molecular complexity index is 986. The third-order valence-corrected chi connectivity index (χ3v) is 5.60. The molecule has 0 aliphatic carbocycles. The number of halogens is 1. The number of benzene rings is 2. The highest BCUT2D eigenvalue weighted by molar-refractivity contribution is 6.46. The maximum Gasteiger partial charge on any atom is 0.295 e. The minimum atomic E-state index is -0.714. The summed E-state index contributed by atoms with van der Waals surface area (Å²) in [5, 5.41) is 11.7. The summed E-state index contributed by atoms with van der Waals surface area (Å²) in [5.74, 6) is -0.978. The van der Waals surface area contributed by atoms with Crippen molar-refractivity contribution in [3.8, 4) is 5.75 Å². The number of carbonyl (C=O) groups excluding carboxylic acids is 2. The zero-order valence-electron chi connectivity index (χ0n) is 18.3. The lowest BCUT2D eigenvalue weighted by atomic mass is 9.95. The Labute approximate surface area is 193 Å². The molecule has 0 aromatic heterocycles. The van der Waals surface area contributed by atoms with Crippen LogP contribution in [0.3, 0.4) is 0 Å². The number of ether oxygens (including phenoxy) is 2. The maximum atomic E-state index is 13.0. The molecule has 0 radical (unpaired) electrons. The van der Waals surface area contributed by atoms with Crippen LogP contribution in [0.2, 0.25) is 5.02 Å². The molecule has 0 bridgehead atoms. The van der Waals surface area contributed by atoms with Gasteiger partial charge in [-0.1, -0.05) is 49.2 Å². The molecule has 1 N–H and O–H groups in total. The summed E-state index contributed by atoms with van der Waals surface area (Å²) >= 11 is 6.04. The second kappa shape index (κ2) is 11.2. The standard InChI is InChI=1S/C25H28ClNO5/c1-3-4-15-32-20-8-5-7-18(16-20)23(28)21-22(17-9-11-19(26)12-10-17)27(13-6-14-31-2)25(30)24(21)29/h5,7-12,16,22,28H,3-4,6,13-15H2,1-2H3. The van der Waals surface area contributed by atoms with Crippen molar-refractivity contribution in [1.29, 1.82) is 0 Å². The van der Waals surface area contributed by atoms with E-state index in [1.165, 1.54) is 4.90 Å². The molecule has 170 valence electrons. The molecule has 1 unspecified atom stereocenters. The van der Waals surface area contributed by atoms with Crippen molar-refractivity contribution in [2.24, 2.45) is 0 Å². The van der Waals surface area contributed by atoms with Gasteiger partial charge in [0.1, 0.15) is 11.5 Å². The summed E-state index contributed by atoms with van der Waals surface area (Å²) in [6.45, 7) is 3.42. The van der Waals surface area contributed by atoms with Gasteiger partial charge in [-0.3, -0.25) is 9.59 Å². The number of carbonyl (C=O) groups is 2. The summed E-state index contributed by atoms with van der Waals surface area (Å²) in [6, 6.07) is 13.1. The molecule has 0 spiro atoms. The van der Waals surface area contributed by atoms with E-state index < -0.39 is 17.7 Å². The van der Waals surface area contributed by atoms with Gasteiger partial charge in [0, 0.05) is 30.8 Å². The van der Waals surface area contributed by atoms with E-state index in [2.05, 4.69) is 6.92 Å². The Hall–Kier alpha value is -2.83. The zero-order valence-corrected chi connectivity index (χ0v) is 19.1. The van der Waals surface area contributed by atoms with Crippen LogP contribution in [0.25, 0.3) is 5.76 Å². The molecule has 1 fully saturated rings. The molecule has 2 aromatic rings. The van der Waals surface area contributed by atoms with E-state index in [0.29, 0.717) is 48.1 Å². The molecule has 1 heterocycles. The fourth-order valence-electron chi connectivity index (χ4n) is 3.70. The van der Waals surface area contributed by atoms with Crippen molar-refractivity contribution in [2.75, 3.05) is 26.9 Å². The van der Waals surface area contributed by atoms with E-state index in [1.54, 1.807) is 55.6 Å². The first kappa shape index (κ1) is 23.8. The van der Waals surface area contributed by atoms with E-state index in [-0.39, 0.29) is 11.3 Å². The average Bonchev–Trinajstić information content (AvgIpc) is 3.05. The van der Waals surface area contributed by atoms with Crippen LogP contribution in [-0.4, -0.2) is 48.6 Å². The topological polar surface area (TPSA) is 76.1 Å². The quantitative estimate of drug-likeness (QED) is 0.236. The van der Waals surface area contributed by atoms with Gasteiger partial charge in [-0.05, 0) is 42.7 Å². The number of Topliss-reactive ketones (excluding diaryl/α,β-unsaturated/α-hetero) is 1. The van der Waals surface area contributed by atoms with Gasteiger partial charge in [0.15, 0.2) is 0 Å². The smallest absolute Gasteiger partial charge is 0.295 e. The molecule has 1 saturated heterocycles. The molecule has 1 amide bonds. The third kappa shape index (κ3) is 5.31. The Morgan fingerprint density at radius 3 is 2.53 bits per heavy atom. The maximum absolute atomic E-state index is 13.0. The van der Waals surface area contributed by atoms with Gasteiger partial charge in [-0.2, -0.15) is 0 Å². The Kier molecular flexibility index (Phi) is 8.31. The first-order chi connectivity index (χ1) is 15.5. The summed E-state index contributed by atoms with van der Waals surface area (Å²) in [4.78, 5) is 27.4. The Morgan fingerprint density at radius 1 is 1.09 bits per heavy atom. The fourth-order valence-corrected chi connectivity index (χ4v) is 3.83. The minimum Gasteiger partial charge on any atom is -0.507 e. The lowest BCUT2D eigenvalue weighted by Crippen LogP contribution is -2.31. The SMILES string of the molecule is CCCCOc1cccc(C(O)=C2C(=O)C(=O)N(CCCOC)C2c2ccc(Cl)cc2)c1. The number of methoxy groups -OCH3 is 1. The first-order valence-corrected chi connectivity index (χ1v) is 11.1. The highest BCUT2D eigenvalue weighted by atomic mass is 35.5. The van der Waals surface area contributed by atoms with Crippen LogP contribution in [0.15, 0.2) is 54.1 Å². The van der Waals surface area contributed by atoms with Crippen molar-refractivity contribution in [3.63, 3.8) is 0 Å². The van der Waals surface area contributed by atoms with Crippen molar-refractivity contribution in [3.05, 3.63) is 70.3 Å². The number of hydrogen-bond donors (Lipinski definition) is 1. The van der Waals surface area contributed by atoms with Gasteiger partial charge in [0.25, 0.3) is 11.7 Å². The summed E-state index contributed by atoms with van der Waals surface area (Å²) in [6.07, 6.45) is 2.49. The second-order valence-electron chi connectivity index (χ2n) is 7.62. The first-order valence-electron chi connectivity index (χ1n) is 10.7. The monoisotopic (exact) mass is 457 g/mol. The largest absolute Gasteiger partial charge is 0.507 e. The van der Waals surface area contributed by atoms with Crippen molar-refractivity contribution >= 4 is 29.1 Å². The number of likely N-dealkylation sites (tertiary alicyclic amines) is 1. The van der Waals surface area contributed by atoms with Crippen LogP contribution in [0, 0.1) is 0 Å². The highest BCUT2D eigenvalue weighted by Crippen LogP contribution is 2.40. The third-order valence-electron chi connectivity index (χ3n) is 5.35. The number of ketones is 1. The predicted molar refractivity (Wildman–Crippen MR) is 124 cm³/mol. The lowest BCUT2D eigenvalue weighted by molar-refractivity contribution is -0.140. The van der Waals surface area contributed by atoms with Crippen LogP contribution in [0.1, 0.15) is 43.4 Å². The molecule has 7 heteroatoms. The average molecular weight is 458 g/mol. The summed E-state index contributed by atoms with van der Waals surface area (Å²) in [5.41, 5.74) is 1.18. The minimum absolute atomic E-state index is 0.0560. The van der Waals surface area contributed by atoms with Crippen LogP contribution in [0.4, 0.5) is 0 Å². The number of rotatable bonds is 10. The molecule has 1 aliphatic rings. The van der Waals surface area contributed by atoms with Crippen LogP contribution >= 0.6 is 11.6 Å². The van der Waals surface area contributed by atoms with Crippen molar-refractivity contribution in [1.82, 2.24) is 4.90 Å². The van der Waals surface area contributed by atoms with Gasteiger partial charge >= 0.3 is 0 Å². The Balaban J connectivity index is 2.03. The van der Waals surface area contributed by atoms with Gasteiger partial charge in [-0.25, -0.2) is 0 Å². The van der Waals surface area contributed by atoms with E-state index in [0.717, 1.165) is 12.8 Å². The van der Waals surface area contributed by atoms with E-state index in [9.17, 15) is 14.7 Å². The fraction of sp³-hybridized carbons (Fsp3) is 0.360. The molecule has 6 nitrogen and oxygen atoms in total. The summed E-state index contributed by atoms with van der Waals surface area (Å²) < 4.78 is 10.8. The number of hydrogen-bond acceptors (Lipinski definition) is 5. The van der Waals surface area contributed by atoms with E-state index in [4.69, 9.17) is 21.1 Å². The van der Waals surface area contributed by atoms with Crippen LogP contribution in [-0.2, 0) is 14.3 Å². The number of nitrogens with zero attached hydrogens (tertiary/aromatic N) is 1. The van der Waals surface area contributed by atoms with Crippen molar-refractivity contribution < 1.29 is 24.2 Å². The van der Waals surface area contributed by atoms with Gasteiger partial charge in [0.05, 0.1) is 18.2 Å². The molecular weight excluding hydrogens is 430 g/mol. The molecule has 3 rings (SSSR count). The van der Waals surface area contributed by atoms with E-state index >= 15 is 0 Å². The van der Waals surface area contributed by atoms with Crippen LogP contribution in [0.5, 0.6) is 5.75 Å². The molecule has 1 aliphatic heterocycles. The zero-order chi connectivity index (χ0) is 23.1. The molecule has 32 heavy (non-hydrogen) atoms. The molecule has 2 aromatic carbocycles. The van der Waals surface area contributed by atoms with Crippen molar-refractivity contribution in [2.45, 2.75) is 32.2 Å². The molecular formula is C25H28ClNO5.